The summed E-state index contributed by atoms with van der Waals surface area (Å²) in [6, 6.07) is 0. The molecule has 0 aromatic rings. The summed E-state index contributed by atoms with van der Waals surface area (Å²) >= 11 is 0. The van der Waals surface area contributed by atoms with Crippen molar-refractivity contribution in [2.24, 2.45) is 17.8 Å². The molecule has 0 aliphatic rings. The average Bonchev–Trinajstić information content (AvgIpc) is 2.67. The van der Waals surface area contributed by atoms with Crippen LogP contribution in [-0.4, -0.2) is 0 Å². The molecule has 0 heteroatoms. The number of rotatable bonds is 22. The van der Waals surface area contributed by atoms with Gasteiger partial charge in [-0.25, -0.2) is 0 Å². The number of hydrogen-bond acceptors (Lipinski definition) is 0. The van der Waals surface area contributed by atoms with E-state index in [4.69, 9.17) is 0 Å². The summed E-state index contributed by atoms with van der Waals surface area (Å²) < 4.78 is 0. The van der Waals surface area contributed by atoms with E-state index in [9.17, 15) is 0 Å². The molecule has 0 aliphatic heterocycles. The first-order valence-electron chi connectivity index (χ1n) is 13.6. The second-order valence-corrected chi connectivity index (χ2v) is 10.3. The first-order valence-corrected chi connectivity index (χ1v) is 13.6. The third-order valence-corrected chi connectivity index (χ3v) is 6.89. The van der Waals surface area contributed by atoms with Crippen LogP contribution in [0.2, 0.25) is 0 Å². The normalized spacial score (nSPS) is 14.9. The average molecular weight is 395 g/mol. The lowest BCUT2D eigenvalue weighted by atomic mass is 9.90. The maximum Gasteiger partial charge on any atom is -0.0443 e. The van der Waals surface area contributed by atoms with Gasteiger partial charge < -0.3 is 0 Å². The molecule has 0 aliphatic carbocycles. The highest BCUT2D eigenvalue weighted by Gasteiger charge is 2.08. The minimum absolute atomic E-state index is 0.947. The Bertz CT molecular complexity index is 254. The van der Waals surface area contributed by atoms with E-state index < -0.39 is 0 Å². The van der Waals surface area contributed by atoms with Crippen molar-refractivity contribution in [1.82, 2.24) is 0 Å². The Morgan fingerprint density at radius 1 is 0.321 bits per heavy atom. The Hall–Kier alpha value is 0. The van der Waals surface area contributed by atoms with Crippen molar-refractivity contribution in [1.29, 1.82) is 0 Å². The second-order valence-electron chi connectivity index (χ2n) is 10.3. The Kier molecular flexibility index (Phi) is 21.7. The largest absolute Gasteiger partial charge is 0.0654 e. The lowest BCUT2D eigenvalue weighted by Crippen LogP contribution is -2.01. The van der Waals surface area contributed by atoms with Crippen molar-refractivity contribution in [3.8, 4) is 0 Å². The molecule has 0 heterocycles. The molecule has 0 aromatic heterocycles. The predicted molar refractivity (Wildman–Crippen MR) is 131 cm³/mol. The topological polar surface area (TPSA) is 0 Å². The van der Waals surface area contributed by atoms with E-state index in [1.807, 2.05) is 0 Å². The first kappa shape index (κ1) is 28.0. The van der Waals surface area contributed by atoms with Crippen LogP contribution in [-0.2, 0) is 0 Å². The molecule has 0 aromatic carbocycles. The Labute approximate surface area is 181 Å². The Morgan fingerprint density at radius 2 is 0.571 bits per heavy atom. The summed E-state index contributed by atoms with van der Waals surface area (Å²) in [5.41, 5.74) is 0. The van der Waals surface area contributed by atoms with Gasteiger partial charge in [0.1, 0.15) is 0 Å². The van der Waals surface area contributed by atoms with Crippen LogP contribution >= 0.6 is 0 Å². The van der Waals surface area contributed by atoms with Crippen LogP contribution in [0.5, 0.6) is 0 Å². The first-order chi connectivity index (χ1) is 13.6. The summed E-state index contributed by atoms with van der Waals surface area (Å²) in [7, 11) is 0. The molecule has 0 bridgehead atoms. The van der Waals surface area contributed by atoms with Crippen LogP contribution in [0.1, 0.15) is 163 Å². The molecule has 2 atom stereocenters. The fourth-order valence-electron chi connectivity index (χ4n) is 4.61. The van der Waals surface area contributed by atoms with Gasteiger partial charge in [0.25, 0.3) is 0 Å². The van der Waals surface area contributed by atoms with Gasteiger partial charge in [-0.15, -0.1) is 0 Å². The summed E-state index contributed by atoms with van der Waals surface area (Å²) in [5.74, 6) is 2.86. The molecule has 28 heavy (non-hydrogen) atoms. The minimum atomic E-state index is 0.947. The molecule has 0 nitrogen and oxygen atoms in total. The van der Waals surface area contributed by atoms with Gasteiger partial charge in [0, 0.05) is 0 Å². The molecular formula is C28H58. The van der Waals surface area contributed by atoms with Gasteiger partial charge in [-0.3, -0.25) is 0 Å². The van der Waals surface area contributed by atoms with Gasteiger partial charge in [-0.2, -0.15) is 0 Å². The summed E-state index contributed by atoms with van der Waals surface area (Å²) in [5, 5.41) is 0. The van der Waals surface area contributed by atoms with Crippen LogP contribution in [0.25, 0.3) is 0 Å². The fourth-order valence-corrected chi connectivity index (χ4v) is 4.61. The van der Waals surface area contributed by atoms with E-state index in [-0.39, 0.29) is 0 Å². The molecule has 0 N–H and O–H groups in total. The second kappa shape index (κ2) is 21.7. The van der Waals surface area contributed by atoms with Crippen molar-refractivity contribution in [3.05, 3.63) is 0 Å². The van der Waals surface area contributed by atoms with Crippen molar-refractivity contribution in [2.75, 3.05) is 0 Å². The zero-order valence-electron chi connectivity index (χ0n) is 20.9. The molecule has 0 rings (SSSR count). The van der Waals surface area contributed by atoms with E-state index in [0.717, 1.165) is 17.8 Å². The van der Waals surface area contributed by atoms with E-state index in [0.29, 0.717) is 0 Å². The summed E-state index contributed by atoms with van der Waals surface area (Å²) in [6.07, 6.45) is 29.1. The smallest absolute Gasteiger partial charge is 0.0443 e. The third-order valence-electron chi connectivity index (χ3n) is 6.89. The lowest BCUT2D eigenvalue weighted by Gasteiger charge is -2.16. The molecule has 0 amide bonds. The van der Waals surface area contributed by atoms with Crippen molar-refractivity contribution >= 4 is 0 Å². The van der Waals surface area contributed by atoms with Gasteiger partial charge in [0.2, 0.25) is 0 Å². The predicted octanol–water partition coefficient (Wildman–Crippen LogP) is 10.7. The molecule has 0 spiro atoms. The minimum Gasteiger partial charge on any atom is -0.0654 e. The molecule has 170 valence electrons. The van der Waals surface area contributed by atoms with Crippen LogP contribution in [0.15, 0.2) is 0 Å². The van der Waals surface area contributed by atoms with E-state index in [2.05, 4.69) is 34.6 Å². The lowest BCUT2D eigenvalue weighted by molar-refractivity contribution is 0.373. The van der Waals surface area contributed by atoms with Crippen LogP contribution in [0.3, 0.4) is 0 Å². The molecule has 0 radical (unpaired) electrons. The Balaban J connectivity index is 3.42. The monoisotopic (exact) mass is 394 g/mol. The molecular weight excluding hydrogens is 336 g/mol. The van der Waals surface area contributed by atoms with Gasteiger partial charge in [0.15, 0.2) is 0 Å². The Morgan fingerprint density at radius 3 is 0.893 bits per heavy atom. The summed E-state index contributed by atoms with van der Waals surface area (Å²) in [6.45, 7) is 12.1. The van der Waals surface area contributed by atoms with Crippen LogP contribution in [0.4, 0.5) is 0 Å². The quantitative estimate of drug-likeness (QED) is 0.160. The van der Waals surface area contributed by atoms with Crippen molar-refractivity contribution in [2.45, 2.75) is 163 Å². The molecule has 2 unspecified atom stereocenters. The maximum atomic E-state index is 2.50. The maximum absolute atomic E-state index is 2.50. The van der Waals surface area contributed by atoms with Crippen molar-refractivity contribution < 1.29 is 0 Å². The molecule has 0 fully saturated rings. The fraction of sp³-hybridized carbons (Fsp3) is 1.00. The van der Waals surface area contributed by atoms with E-state index >= 15 is 0 Å². The van der Waals surface area contributed by atoms with Crippen LogP contribution in [0, 0.1) is 17.8 Å². The number of unbranched alkanes of at least 4 members (excludes halogenated alkanes) is 10. The standard InChI is InChI=1S/C28H58/c1-6-8-10-12-14-16-20-26(3)22-18-24-28(5)25-19-23-27(4)21-17-15-13-11-9-7-2/h26-28H,6-25H2,1-5H3. The van der Waals surface area contributed by atoms with Gasteiger partial charge in [-0.05, 0) is 17.8 Å². The molecule has 0 saturated carbocycles. The van der Waals surface area contributed by atoms with E-state index in [1.165, 1.54) is 128 Å². The number of hydrogen-bond donors (Lipinski definition) is 0. The zero-order chi connectivity index (χ0) is 20.9. The highest BCUT2D eigenvalue weighted by Crippen LogP contribution is 2.23. The van der Waals surface area contributed by atoms with Gasteiger partial charge in [0.05, 0.1) is 0 Å². The highest BCUT2D eigenvalue weighted by atomic mass is 14.1. The zero-order valence-corrected chi connectivity index (χ0v) is 20.9. The van der Waals surface area contributed by atoms with Gasteiger partial charge >= 0.3 is 0 Å². The molecule has 0 saturated heterocycles. The summed E-state index contributed by atoms with van der Waals surface area (Å²) in [4.78, 5) is 0. The SMILES string of the molecule is CCCCCCCCC(C)CCCC(C)CCCC(C)CCCCCCCC. The van der Waals surface area contributed by atoms with Gasteiger partial charge in [-0.1, -0.05) is 163 Å². The van der Waals surface area contributed by atoms with E-state index in [1.54, 1.807) is 0 Å². The third kappa shape index (κ3) is 20.7. The highest BCUT2D eigenvalue weighted by molar-refractivity contribution is 4.61. The van der Waals surface area contributed by atoms with Crippen molar-refractivity contribution in [3.63, 3.8) is 0 Å². The van der Waals surface area contributed by atoms with Crippen LogP contribution < -0.4 is 0 Å².